The molecule has 0 radical (unpaired) electrons. The predicted molar refractivity (Wildman–Crippen MR) is 118 cm³/mol. The van der Waals surface area contributed by atoms with Crippen molar-refractivity contribution in [3.05, 3.63) is 59.0 Å². The molecule has 0 amide bonds. The van der Waals surface area contributed by atoms with Crippen LogP contribution in [0.5, 0.6) is 0 Å². The maximum Gasteiger partial charge on any atom is 0.144 e. The van der Waals surface area contributed by atoms with Crippen molar-refractivity contribution in [1.82, 2.24) is 0 Å². The van der Waals surface area contributed by atoms with Crippen LogP contribution in [0, 0.1) is 0 Å². The summed E-state index contributed by atoms with van der Waals surface area (Å²) < 4.78 is 5.39. The van der Waals surface area contributed by atoms with Crippen molar-refractivity contribution in [1.29, 1.82) is 0 Å². The van der Waals surface area contributed by atoms with Crippen LogP contribution in [0.3, 0.4) is 0 Å². The van der Waals surface area contributed by atoms with Crippen LogP contribution in [-0.4, -0.2) is 11.3 Å². The number of aliphatic hydroxyl groups excluding tert-OH is 1. The third-order valence-electron chi connectivity index (χ3n) is 5.17. The fourth-order valence-electron chi connectivity index (χ4n) is 3.42. The van der Waals surface area contributed by atoms with Crippen molar-refractivity contribution in [2.75, 3.05) is 0 Å². The van der Waals surface area contributed by atoms with E-state index >= 15 is 0 Å². The average Bonchev–Trinajstić information content (AvgIpc) is 3.18. The summed E-state index contributed by atoms with van der Waals surface area (Å²) in [4.78, 5) is 4.42. The van der Waals surface area contributed by atoms with Gasteiger partial charge in [-0.3, -0.25) is 4.99 Å². The highest BCUT2D eigenvalue weighted by Gasteiger charge is 1.99. The van der Waals surface area contributed by atoms with Gasteiger partial charge in [-0.05, 0) is 36.1 Å². The molecule has 154 valence electrons. The Morgan fingerprint density at radius 2 is 1.39 bits per heavy atom. The Morgan fingerprint density at radius 1 is 0.786 bits per heavy atom. The zero-order valence-electron chi connectivity index (χ0n) is 17.5. The number of aliphatic imine (C=N–C) groups is 1. The second kappa shape index (κ2) is 14.2. The van der Waals surface area contributed by atoms with E-state index in [1.165, 1.54) is 81.8 Å². The summed E-state index contributed by atoms with van der Waals surface area (Å²) >= 11 is 0. The van der Waals surface area contributed by atoms with Gasteiger partial charge in [-0.2, -0.15) is 0 Å². The Kier molecular flexibility index (Phi) is 11.3. The Bertz CT molecular complexity index is 657. The van der Waals surface area contributed by atoms with Crippen molar-refractivity contribution in [2.45, 2.75) is 90.7 Å². The summed E-state index contributed by atoms with van der Waals surface area (Å²) in [5.41, 5.74) is 2.63. The van der Waals surface area contributed by atoms with Gasteiger partial charge in [-0.1, -0.05) is 89.0 Å². The molecule has 0 atom stereocenters. The number of aryl methyl sites for hydroxylation is 1. The van der Waals surface area contributed by atoms with Crippen LogP contribution in [0.1, 0.15) is 93.8 Å². The number of unbranched alkanes of at least 4 members (excludes halogenated alkanes) is 9. The largest absolute Gasteiger partial charge is 0.458 e. The number of benzene rings is 1. The first-order valence-corrected chi connectivity index (χ1v) is 11.1. The molecule has 0 spiro atoms. The quantitative estimate of drug-likeness (QED) is 0.270. The molecule has 3 nitrogen and oxygen atoms in total. The average molecular weight is 384 g/mol. The molecule has 0 bridgehead atoms. The third-order valence-corrected chi connectivity index (χ3v) is 5.17. The molecule has 3 heteroatoms. The van der Waals surface area contributed by atoms with E-state index in [1.807, 2.05) is 6.07 Å². The van der Waals surface area contributed by atoms with E-state index in [0.717, 1.165) is 0 Å². The molecule has 0 fully saturated rings. The second-order valence-electron chi connectivity index (χ2n) is 7.68. The Hall–Kier alpha value is -1.87. The van der Waals surface area contributed by atoms with Gasteiger partial charge in [0.1, 0.15) is 18.1 Å². The predicted octanol–water partition coefficient (Wildman–Crippen LogP) is 6.85. The minimum absolute atomic E-state index is 0.0751. The van der Waals surface area contributed by atoms with Crippen molar-refractivity contribution in [3.63, 3.8) is 0 Å². The second-order valence-corrected chi connectivity index (χ2v) is 7.68. The van der Waals surface area contributed by atoms with Crippen LogP contribution in [0.4, 0.5) is 0 Å². The number of furan rings is 1. The zero-order valence-corrected chi connectivity index (χ0v) is 17.5. The molecule has 1 N–H and O–H groups in total. The monoisotopic (exact) mass is 383 g/mol. The Morgan fingerprint density at radius 3 is 2.00 bits per heavy atom. The van der Waals surface area contributed by atoms with Gasteiger partial charge in [0.25, 0.3) is 0 Å². The minimum Gasteiger partial charge on any atom is -0.458 e. The normalized spacial score (nSPS) is 11.5. The van der Waals surface area contributed by atoms with E-state index in [0.29, 0.717) is 18.1 Å². The fourth-order valence-corrected chi connectivity index (χ4v) is 3.42. The molecule has 0 unspecified atom stereocenters. The van der Waals surface area contributed by atoms with Gasteiger partial charge in [0, 0.05) is 0 Å². The highest BCUT2D eigenvalue weighted by molar-refractivity contribution is 5.75. The molecule has 0 saturated carbocycles. The molecule has 0 aliphatic rings. The van der Waals surface area contributed by atoms with E-state index in [9.17, 15) is 0 Å². The zero-order chi connectivity index (χ0) is 19.9. The van der Waals surface area contributed by atoms with Crippen molar-refractivity contribution in [3.8, 4) is 0 Å². The van der Waals surface area contributed by atoms with Gasteiger partial charge < -0.3 is 9.52 Å². The lowest BCUT2D eigenvalue weighted by Crippen LogP contribution is -1.89. The molecule has 0 aliphatic carbocycles. The van der Waals surface area contributed by atoms with E-state index < -0.39 is 0 Å². The Labute approximate surface area is 170 Å². The van der Waals surface area contributed by atoms with Gasteiger partial charge in [-0.15, -0.1) is 0 Å². The van der Waals surface area contributed by atoms with Crippen molar-refractivity contribution in [2.24, 2.45) is 4.99 Å². The topological polar surface area (TPSA) is 45.7 Å². The van der Waals surface area contributed by atoms with Crippen LogP contribution in [0.15, 0.2) is 45.8 Å². The van der Waals surface area contributed by atoms with Crippen molar-refractivity contribution < 1.29 is 9.52 Å². The number of aliphatic hydroxyl groups is 1. The fraction of sp³-hybridized carbons (Fsp3) is 0.560. The number of nitrogens with zero attached hydrogens (tertiary/aromatic N) is 1. The summed E-state index contributed by atoms with van der Waals surface area (Å²) in [7, 11) is 0. The molecule has 2 rings (SSSR count). The van der Waals surface area contributed by atoms with Crippen LogP contribution in [0.2, 0.25) is 0 Å². The lowest BCUT2D eigenvalue weighted by atomic mass is 10.0. The van der Waals surface area contributed by atoms with E-state index in [4.69, 9.17) is 9.52 Å². The first-order valence-electron chi connectivity index (χ1n) is 11.1. The summed E-state index contributed by atoms with van der Waals surface area (Å²) in [5, 5.41) is 8.99. The van der Waals surface area contributed by atoms with E-state index in [-0.39, 0.29) is 6.61 Å². The van der Waals surface area contributed by atoms with Crippen LogP contribution >= 0.6 is 0 Å². The summed E-state index contributed by atoms with van der Waals surface area (Å²) in [5.74, 6) is 1.25. The molecule has 1 heterocycles. The SMILES string of the molecule is CCCCCCCCCCCCc1ccc(CN=Cc2ccc(CO)o2)cc1. The minimum atomic E-state index is -0.0751. The summed E-state index contributed by atoms with van der Waals surface area (Å²) in [6.45, 7) is 2.85. The Balaban J connectivity index is 1.54. The van der Waals surface area contributed by atoms with Gasteiger partial charge in [0.2, 0.25) is 0 Å². The van der Waals surface area contributed by atoms with Crippen LogP contribution in [0.25, 0.3) is 0 Å². The first-order chi connectivity index (χ1) is 13.8. The van der Waals surface area contributed by atoms with Gasteiger partial charge in [-0.25, -0.2) is 0 Å². The maximum atomic E-state index is 8.99. The molecule has 28 heavy (non-hydrogen) atoms. The molecule has 0 saturated heterocycles. The molecule has 1 aromatic carbocycles. The standard InChI is InChI=1S/C25H37NO2/c1-2-3-4-5-6-7-8-9-10-11-12-22-13-15-23(16-14-22)19-26-20-24-17-18-25(21-27)28-24/h13-18,20,27H,2-12,19,21H2,1H3. The highest BCUT2D eigenvalue weighted by atomic mass is 16.4. The third kappa shape index (κ3) is 9.36. The highest BCUT2D eigenvalue weighted by Crippen LogP contribution is 2.13. The van der Waals surface area contributed by atoms with Crippen LogP contribution < -0.4 is 0 Å². The van der Waals surface area contributed by atoms with Gasteiger partial charge in [0.15, 0.2) is 0 Å². The molecule has 1 aromatic heterocycles. The number of hydrogen-bond donors (Lipinski definition) is 1. The summed E-state index contributed by atoms with van der Waals surface area (Å²) in [6, 6.07) is 12.4. The summed E-state index contributed by atoms with van der Waals surface area (Å²) in [6.07, 6.45) is 16.7. The smallest absolute Gasteiger partial charge is 0.144 e. The van der Waals surface area contributed by atoms with Gasteiger partial charge >= 0.3 is 0 Å². The lowest BCUT2D eigenvalue weighted by Gasteiger charge is -2.04. The van der Waals surface area contributed by atoms with Gasteiger partial charge in [0.05, 0.1) is 12.8 Å². The number of hydrogen-bond acceptors (Lipinski definition) is 3. The molecular formula is C25H37NO2. The molecule has 0 aliphatic heterocycles. The first kappa shape index (κ1) is 22.4. The van der Waals surface area contributed by atoms with E-state index in [1.54, 1.807) is 12.3 Å². The molecule has 2 aromatic rings. The number of rotatable bonds is 15. The molecular weight excluding hydrogens is 346 g/mol. The maximum absolute atomic E-state index is 8.99. The van der Waals surface area contributed by atoms with E-state index in [2.05, 4.69) is 36.2 Å². The van der Waals surface area contributed by atoms with Crippen LogP contribution in [-0.2, 0) is 19.6 Å². The lowest BCUT2D eigenvalue weighted by molar-refractivity contribution is 0.247. The van der Waals surface area contributed by atoms with Crippen molar-refractivity contribution >= 4 is 6.21 Å².